The van der Waals surface area contributed by atoms with E-state index in [4.69, 9.17) is 9.84 Å². The quantitative estimate of drug-likeness (QED) is 0.437. The zero-order valence-electron chi connectivity index (χ0n) is 18.8. The van der Waals surface area contributed by atoms with E-state index in [2.05, 4.69) is 10.6 Å². The number of amides is 2. The molecule has 1 aliphatic carbocycles. The van der Waals surface area contributed by atoms with Crippen LogP contribution < -0.4 is 10.6 Å². The van der Waals surface area contributed by atoms with Gasteiger partial charge in [-0.1, -0.05) is 48.5 Å². The Morgan fingerprint density at radius 1 is 1.03 bits per heavy atom. The number of alkyl carbamates (subject to hydrolysis) is 1. The second-order valence-corrected chi connectivity index (χ2v) is 8.81. The monoisotopic (exact) mass is 454 g/mol. The van der Waals surface area contributed by atoms with Crippen molar-refractivity contribution >= 4 is 18.0 Å². The fourth-order valence-electron chi connectivity index (χ4n) is 3.93. The Morgan fingerprint density at radius 2 is 1.61 bits per heavy atom. The number of aliphatic hydroxyl groups is 1. The summed E-state index contributed by atoms with van der Waals surface area (Å²) in [4.78, 5) is 36.0. The lowest BCUT2D eigenvalue weighted by Crippen LogP contribution is -2.48. The summed E-state index contributed by atoms with van der Waals surface area (Å²) in [6, 6.07) is 14.8. The molecule has 0 radical (unpaired) electrons. The summed E-state index contributed by atoms with van der Waals surface area (Å²) in [5.41, 5.74) is 3.39. The predicted molar refractivity (Wildman–Crippen MR) is 123 cm³/mol. The van der Waals surface area contributed by atoms with Crippen molar-refractivity contribution in [3.8, 4) is 11.1 Å². The highest BCUT2D eigenvalue weighted by molar-refractivity contribution is 5.86. The largest absolute Gasteiger partial charge is 0.481 e. The minimum atomic E-state index is -1.07. The zero-order valence-corrected chi connectivity index (χ0v) is 18.8. The zero-order chi connectivity index (χ0) is 24.0. The van der Waals surface area contributed by atoms with E-state index in [1.807, 2.05) is 48.5 Å². The highest BCUT2D eigenvalue weighted by Gasteiger charge is 2.30. The van der Waals surface area contributed by atoms with Gasteiger partial charge < -0.3 is 25.6 Å². The van der Waals surface area contributed by atoms with Gasteiger partial charge in [0, 0.05) is 18.9 Å². The van der Waals surface area contributed by atoms with E-state index in [-0.39, 0.29) is 31.9 Å². The van der Waals surface area contributed by atoms with Crippen molar-refractivity contribution in [2.24, 2.45) is 0 Å². The molecule has 1 unspecified atom stereocenters. The summed E-state index contributed by atoms with van der Waals surface area (Å²) >= 11 is 0. The molecular formula is C25H30N2O6. The maximum Gasteiger partial charge on any atom is 0.407 e. The highest BCUT2D eigenvalue weighted by atomic mass is 16.5. The summed E-state index contributed by atoms with van der Waals surface area (Å²) in [6.07, 6.45) is -0.832. The standard InChI is InChI=1S/C25H30N2O6/c1-25(2,32)13-14-26-23(30)21(11-12-22(28)29)27-24(31)33-15-20-18-9-5-3-7-16(18)17-8-4-6-10-19(17)20/h3-10,20-21,32H,11-15H2,1-2H3,(H,26,30)(H,27,31)(H,28,29). The van der Waals surface area contributed by atoms with Crippen molar-refractivity contribution in [1.82, 2.24) is 10.6 Å². The molecule has 1 aliphatic rings. The van der Waals surface area contributed by atoms with Crippen LogP contribution in [0.2, 0.25) is 0 Å². The minimum Gasteiger partial charge on any atom is -0.481 e. The Labute approximate surface area is 193 Å². The van der Waals surface area contributed by atoms with Gasteiger partial charge in [0.1, 0.15) is 12.6 Å². The fraction of sp³-hybridized carbons (Fsp3) is 0.400. The third-order valence-corrected chi connectivity index (χ3v) is 5.64. The van der Waals surface area contributed by atoms with Gasteiger partial charge in [0.2, 0.25) is 5.91 Å². The van der Waals surface area contributed by atoms with Gasteiger partial charge >= 0.3 is 12.1 Å². The van der Waals surface area contributed by atoms with E-state index < -0.39 is 29.6 Å². The van der Waals surface area contributed by atoms with Crippen molar-refractivity contribution < 1.29 is 29.3 Å². The first-order chi connectivity index (χ1) is 15.7. The van der Waals surface area contributed by atoms with Crippen LogP contribution in [0.3, 0.4) is 0 Å². The number of carboxylic acids is 1. The summed E-state index contributed by atoms with van der Waals surface area (Å²) in [5.74, 6) is -1.71. The molecule has 2 aromatic carbocycles. The third-order valence-electron chi connectivity index (χ3n) is 5.64. The van der Waals surface area contributed by atoms with Crippen LogP contribution in [-0.2, 0) is 14.3 Å². The van der Waals surface area contributed by atoms with Gasteiger partial charge in [-0.3, -0.25) is 9.59 Å². The average Bonchev–Trinajstić information content (AvgIpc) is 3.08. The van der Waals surface area contributed by atoms with Crippen LogP contribution >= 0.6 is 0 Å². The lowest BCUT2D eigenvalue weighted by molar-refractivity contribution is -0.137. The van der Waals surface area contributed by atoms with E-state index in [0.29, 0.717) is 6.42 Å². The molecule has 176 valence electrons. The molecule has 2 aromatic rings. The summed E-state index contributed by atoms with van der Waals surface area (Å²) < 4.78 is 5.47. The molecule has 0 heterocycles. The smallest absolute Gasteiger partial charge is 0.407 e. The number of rotatable bonds is 10. The van der Waals surface area contributed by atoms with E-state index in [1.54, 1.807) is 13.8 Å². The van der Waals surface area contributed by atoms with Crippen molar-refractivity contribution in [2.45, 2.75) is 50.7 Å². The number of carbonyl (C=O) groups is 3. The van der Waals surface area contributed by atoms with Gasteiger partial charge in [-0.2, -0.15) is 0 Å². The van der Waals surface area contributed by atoms with Gasteiger partial charge in [0.05, 0.1) is 5.60 Å². The number of fused-ring (bicyclic) bond motifs is 3. The van der Waals surface area contributed by atoms with Gasteiger partial charge in [-0.25, -0.2) is 4.79 Å². The van der Waals surface area contributed by atoms with Gasteiger partial charge in [0.15, 0.2) is 0 Å². The van der Waals surface area contributed by atoms with Gasteiger partial charge in [-0.05, 0) is 48.9 Å². The van der Waals surface area contributed by atoms with Crippen LogP contribution in [0.5, 0.6) is 0 Å². The Morgan fingerprint density at radius 3 is 2.15 bits per heavy atom. The highest BCUT2D eigenvalue weighted by Crippen LogP contribution is 2.44. The first kappa shape index (κ1) is 24.3. The van der Waals surface area contributed by atoms with Crippen molar-refractivity contribution in [1.29, 1.82) is 0 Å². The Balaban J connectivity index is 1.62. The Hall–Kier alpha value is -3.39. The molecule has 0 aliphatic heterocycles. The average molecular weight is 455 g/mol. The number of carbonyl (C=O) groups excluding carboxylic acids is 2. The number of hydrogen-bond donors (Lipinski definition) is 4. The van der Waals surface area contributed by atoms with E-state index in [9.17, 15) is 19.5 Å². The molecule has 0 spiro atoms. The molecule has 1 atom stereocenters. The maximum atomic E-state index is 12.5. The Bertz CT molecular complexity index is 968. The van der Waals surface area contributed by atoms with Gasteiger partial charge in [-0.15, -0.1) is 0 Å². The molecule has 33 heavy (non-hydrogen) atoms. The van der Waals surface area contributed by atoms with E-state index >= 15 is 0 Å². The lowest BCUT2D eigenvalue weighted by Gasteiger charge is -2.21. The molecule has 8 heteroatoms. The molecule has 3 rings (SSSR count). The fourth-order valence-corrected chi connectivity index (χ4v) is 3.93. The van der Waals surface area contributed by atoms with E-state index in [0.717, 1.165) is 22.3 Å². The maximum absolute atomic E-state index is 12.5. The number of hydrogen-bond acceptors (Lipinski definition) is 5. The normalized spacial score (nSPS) is 13.5. The van der Waals surface area contributed by atoms with Crippen LogP contribution in [0, 0.1) is 0 Å². The summed E-state index contributed by atoms with van der Waals surface area (Å²) in [6.45, 7) is 3.52. The van der Waals surface area contributed by atoms with Crippen LogP contribution in [0.1, 0.15) is 50.2 Å². The minimum absolute atomic E-state index is 0.0755. The summed E-state index contributed by atoms with van der Waals surface area (Å²) in [5, 5.41) is 23.9. The van der Waals surface area contributed by atoms with Crippen LogP contribution in [0.4, 0.5) is 4.79 Å². The molecular weight excluding hydrogens is 424 g/mol. The number of benzene rings is 2. The van der Waals surface area contributed by atoms with Crippen molar-refractivity contribution in [2.75, 3.05) is 13.2 Å². The molecule has 0 fully saturated rings. The van der Waals surface area contributed by atoms with E-state index in [1.165, 1.54) is 0 Å². The number of carboxylic acid groups (broad SMARTS) is 1. The first-order valence-electron chi connectivity index (χ1n) is 11.0. The molecule has 2 amide bonds. The molecule has 0 bridgehead atoms. The number of nitrogens with one attached hydrogen (secondary N) is 2. The molecule has 0 saturated heterocycles. The van der Waals surface area contributed by atoms with Crippen molar-refractivity contribution in [3.63, 3.8) is 0 Å². The topological polar surface area (TPSA) is 125 Å². The van der Waals surface area contributed by atoms with Crippen LogP contribution in [0.15, 0.2) is 48.5 Å². The SMILES string of the molecule is CC(C)(O)CCNC(=O)C(CCC(=O)O)NC(=O)OCC1c2ccccc2-c2ccccc21. The molecule has 0 aromatic heterocycles. The summed E-state index contributed by atoms with van der Waals surface area (Å²) in [7, 11) is 0. The lowest BCUT2D eigenvalue weighted by atomic mass is 9.98. The number of ether oxygens (including phenoxy) is 1. The second-order valence-electron chi connectivity index (χ2n) is 8.81. The molecule has 4 N–H and O–H groups in total. The molecule has 0 saturated carbocycles. The first-order valence-corrected chi connectivity index (χ1v) is 11.0. The van der Waals surface area contributed by atoms with Crippen molar-refractivity contribution in [3.05, 3.63) is 59.7 Å². The second kappa shape index (κ2) is 10.5. The Kier molecular flexibility index (Phi) is 7.71. The third kappa shape index (κ3) is 6.55. The van der Waals surface area contributed by atoms with Crippen LogP contribution in [0.25, 0.3) is 11.1 Å². The van der Waals surface area contributed by atoms with Gasteiger partial charge in [0.25, 0.3) is 0 Å². The van der Waals surface area contributed by atoms with Crippen LogP contribution in [-0.4, -0.2) is 53.0 Å². The molecule has 8 nitrogen and oxygen atoms in total. The number of aliphatic carboxylic acids is 1. The predicted octanol–water partition coefficient (Wildman–Crippen LogP) is 3.04.